The first kappa shape index (κ1) is 25.3. The summed E-state index contributed by atoms with van der Waals surface area (Å²) in [6.45, 7) is 11.6. The molecule has 0 rings (SSSR count). The van der Waals surface area contributed by atoms with E-state index in [1.807, 2.05) is 20.8 Å². The van der Waals surface area contributed by atoms with E-state index in [0.29, 0.717) is 50.7 Å². The number of unbranched alkanes of at least 4 members (excludes halogenated alkanes) is 2. The van der Waals surface area contributed by atoms with E-state index in [0.717, 1.165) is 32.1 Å². The number of carbonyl (C=O) groups is 1. The van der Waals surface area contributed by atoms with Crippen LogP contribution in [0.2, 0.25) is 6.04 Å². The maximum Gasteiger partial charge on any atom is 0.500 e. The fourth-order valence-corrected chi connectivity index (χ4v) is 5.52. The molecule has 154 valence electrons. The van der Waals surface area contributed by atoms with Gasteiger partial charge in [-0.1, -0.05) is 26.7 Å². The number of ketones is 1. The van der Waals surface area contributed by atoms with E-state index >= 15 is 0 Å². The van der Waals surface area contributed by atoms with Crippen LogP contribution in [-0.4, -0.2) is 39.5 Å². The highest BCUT2D eigenvalue weighted by atomic mass is 28.4. The molecule has 0 aliphatic rings. The van der Waals surface area contributed by atoms with Gasteiger partial charge in [0.05, 0.1) is 5.76 Å². The van der Waals surface area contributed by atoms with Gasteiger partial charge in [-0.05, 0) is 46.5 Å². The van der Waals surface area contributed by atoms with Gasteiger partial charge in [0, 0.05) is 44.3 Å². The summed E-state index contributed by atoms with van der Waals surface area (Å²) in [4.78, 5) is 12.5. The highest BCUT2D eigenvalue weighted by molar-refractivity contribution is 6.60. The van der Waals surface area contributed by atoms with Crippen LogP contribution in [0.5, 0.6) is 0 Å². The van der Waals surface area contributed by atoms with Crippen LogP contribution in [-0.2, 0) is 18.1 Å². The molecule has 1 N–H and O–H groups in total. The topological polar surface area (TPSA) is 65.0 Å². The van der Waals surface area contributed by atoms with Crippen molar-refractivity contribution in [1.82, 2.24) is 0 Å². The summed E-state index contributed by atoms with van der Waals surface area (Å²) >= 11 is 0. The van der Waals surface area contributed by atoms with Crippen molar-refractivity contribution in [2.75, 3.05) is 19.8 Å². The lowest BCUT2D eigenvalue weighted by atomic mass is 9.98. The van der Waals surface area contributed by atoms with Gasteiger partial charge in [0.2, 0.25) is 0 Å². The van der Waals surface area contributed by atoms with Gasteiger partial charge >= 0.3 is 8.80 Å². The Hall–Kier alpha value is -0.693. The first-order valence-electron chi connectivity index (χ1n) is 10.4. The van der Waals surface area contributed by atoms with E-state index in [2.05, 4.69) is 13.8 Å². The molecule has 0 aliphatic carbocycles. The highest BCUT2D eigenvalue weighted by Gasteiger charge is 2.39. The van der Waals surface area contributed by atoms with Crippen molar-refractivity contribution < 1.29 is 23.2 Å². The van der Waals surface area contributed by atoms with Gasteiger partial charge in [0.1, 0.15) is 0 Å². The van der Waals surface area contributed by atoms with Crippen molar-refractivity contribution in [2.24, 2.45) is 0 Å². The molecule has 6 heteroatoms. The van der Waals surface area contributed by atoms with Crippen LogP contribution < -0.4 is 0 Å². The van der Waals surface area contributed by atoms with E-state index in [-0.39, 0.29) is 11.5 Å². The maximum atomic E-state index is 12.5. The Morgan fingerprint density at radius 3 is 1.73 bits per heavy atom. The largest absolute Gasteiger partial charge is 0.512 e. The SMILES string of the molecule is CCCCC(=O)/C(CCC[Si](OCC)(OCC)OCC)=C(\O)CCCC. The number of carbonyl (C=O) groups excluding carboxylic acids is 1. The Labute approximate surface area is 161 Å². The molecular formula is C20H40O5Si. The first-order valence-corrected chi connectivity index (χ1v) is 12.3. The molecule has 0 aromatic carbocycles. The van der Waals surface area contributed by atoms with E-state index < -0.39 is 8.80 Å². The summed E-state index contributed by atoms with van der Waals surface area (Å²) < 4.78 is 17.6. The summed E-state index contributed by atoms with van der Waals surface area (Å²) in [6.07, 6.45) is 6.08. The molecule has 0 atom stereocenters. The van der Waals surface area contributed by atoms with Gasteiger partial charge in [0.25, 0.3) is 0 Å². The van der Waals surface area contributed by atoms with Crippen molar-refractivity contribution in [3.05, 3.63) is 11.3 Å². The summed E-state index contributed by atoms with van der Waals surface area (Å²) in [6, 6.07) is 0.661. The lowest BCUT2D eigenvalue weighted by Gasteiger charge is -2.28. The average Bonchev–Trinajstić information content (AvgIpc) is 2.62. The molecule has 5 nitrogen and oxygen atoms in total. The van der Waals surface area contributed by atoms with Gasteiger partial charge in [0.15, 0.2) is 5.78 Å². The zero-order valence-electron chi connectivity index (χ0n) is 17.6. The number of aliphatic hydroxyl groups excluding tert-OH is 1. The maximum absolute atomic E-state index is 12.5. The molecule has 0 amide bonds. The lowest BCUT2D eigenvalue weighted by Crippen LogP contribution is -2.45. The lowest BCUT2D eigenvalue weighted by molar-refractivity contribution is -0.116. The van der Waals surface area contributed by atoms with Crippen molar-refractivity contribution in [2.45, 2.75) is 92.0 Å². The van der Waals surface area contributed by atoms with E-state index in [1.165, 1.54) is 0 Å². The standard InChI is InChI=1S/C20H40O5Si/c1-6-11-15-19(21)18(20(22)16-12-7-2)14-13-17-26(23-8-3,24-9-4)25-10-5/h21H,6-17H2,1-5H3/b19-18-. The van der Waals surface area contributed by atoms with Crippen molar-refractivity contribution in [1.29, 1.82) is 0 Å². The summed E-state index contributed by atoms with van der Waals surface area (Å²) in [5.41, 5.74) is 0.597. The fraction of sp³-hybridized carbons (Fsp3) is 0.850. The second-order valence-corrected chi connectivity index (χ2v) is 9.12. The van der Waals surface area contributed by atoms with Crippen LogP contribution in [0.15, 0.2) is 11.3 Å². The number of aliphatic hydroxyl groups is 1. The average molecular weight is 389 g/mol. The highest BCUT2D eigenvalue weighted by Crippen LogP contribution is 2.24. The zero-order valence-corrected chi connectivity index (χ0v) is 18.6. The third-order valence-electron chi connectivity index (χ3n) is 4.21. The molecule has 0 bridgehead atoms. The third-order valence-corrected chi connectivity index (χ3v) is 7.36. The van der Waals surface area contributed by atoms with E-state index in [9.17, 15) is 9.90 Å². The Kier molecular flexibility index (Phi) is 15.0. The smallest absolute Gasteiger partial charge is 0.500 e. The molecule has 0 aliphatic heterocycles. The van der Waals surface area contributed by atoms with Crippen LogP contribution in [0.1, 0.15) is 86.0 Å². The normalized spacial score (nSPS) is 13.0. The Balaban J connectivity index is 5.05. The Morgan fingerprint density at radius 2 is 1.27 bits per heavy atom. The molecule has 0 saturated heterocycles. The zero-order chi connectivity index (χ0) is 19.8. The Bertz CT molecular complexity index is 392. The van der Waals surface area contributed by atoms with E-state index in [4.69, 9.17) is 13.3 Å². The third kappa shape index (κ3) is 9.85. The number of rotatable bonds is 17. The van der Waals surface area contributed by atoms with Crippen molar-refractivity contribution >= 4 is 14.6 Å². The predicted octanol–water partition coefficient (Wildman–Crippen LogP) is 5.58. The van der Waals surface area contributed by atoms with Crippen LogP contribution in [0.3, 0.4) is 0 Å². The molecule has 0 unspecified atom stereocenters. The molecule has 0 radical (unpaired) electrons. The molecule has 0 heterocycles. The van der Waals surface area contributed by atoms with Gasteiger partial charge in [-0.2, -0.15) is 0 Å². The quantitative estimate of drug-likeness (QED) is 0.200. The minimum atomic E-state index is -2.70. The van der Waals surface area contributed by atoms with Crippen LogP contribution in [0, 0.1) is 0 Å². The molecule has 0 spiro atoms. The van der Waals surface area contributed by atoms with Crippen LogP contribution >= 0.6 is 0 Å². The fourth-order valence-electron chi connectivity index (χ4n) is 2.91. The molecule has 0 fully saturated rings. The predicted molar refractivity (Wildman–Crippen MR) is 108 cm³/mol. The monoisotopic (exact) mass is 388 g/mol. The van der Waals surface area contributed by atoms with Gasteiger partial charge in [-0.3, -0.25) is 4.79 Å². The second kappa shape index (κ2) is 15.4. The number of allylic oxidation sites excluding steroid dienone is 2. The van der Waals surface area contributed by atoms with Crippen LogP contribution in [0.25, 0.3) is 0 Å². The van der Waals surface area contributed by atoms with Gasteiger partial charge in [-0.15, -0.1) is 0 Å². The summed E-state index contributed by atoms with van der Waals surface area (Å²) in [5, 5.41) is 10.4. The second-order valence-electron chi connectivity index (χ2n) is 6.39. The van der Waals surface area contributed by atoms with Crippen LogP contribution in [0.4, 0.5) is 0 Å². The summed E-state index contributed by atoms with van der Waals surface area (Å²) in [7, 11) is -2.70. The minimum absolute atomic E-state index is 0.0805. The van der Waals surface area contributed by atoms with E-state index in [1.54, 1.807) is 0 Å². The van der Waals surface area contributed by atoms with Crippen molar-refractivity contribution in [3.8, 4) is 0 Å². The number of hydrogen-bond donors (Lipinski definition) is 1. The molecule has 0 aromatic heterocycles. The molecule has 0 saturated carbocycles. The molecule has 26 heavy (non-hydrogen) atoms. The van der Waals surface area contributed by atoms with Crippen molar-refractivity contribution in [3.63, 3.8) is 0 Å². The molecular weight excluding hydrogens is 348 g/mol. The number of hydrogen-bond acceptors (Lipinski definition) is 5. The summed E-state index contributed by atoms with van der Waals surface area (Å²) in [5.74, 6) is 0.349. The number of Topliss-reactive ketones (excluding diaryl/α,β-unsaturated/α-hetero) is 1. The Morgan fingerprint density at radius 1 is 0.769 bits per heavy atom. The minimum Gasteiger partial charge on any atom is -0.512 e. The molecule has 0 aromatic rings. The van der Waals surface area contributed by atoms with Gasteiger partial charge < -0.3 is 18.4 Å². The van der Waals surface area contributed by atoms with Gasteiger partial charge in [-0.25, -0.2) is 0 Å². The first-order chi connectivity index (χ1) is 12.5.